The zero-order valence-corrected chi connectivity index (χ0v) is 14.6. The van der Waals surface area contributed by atoms with Gasteiger partial charge in [-0.25, -0.2) is 9.48 Å². The molecule has 2 atom stereocenters. The number of rotatable bonds is 4. The maximum Gasteiger partial charge on any atom is 0.323 e. The monoisotopic (exact) mass is 347 g/mol. The Balaban J connectivity index is 1.41. The number of hydrogen-bond donors (Lipinski definition) is 1. The number of amides is 2. The number of nitrogens with one attached hydrogen (secondary N) is 1. The van der Waals surface area contributed by atoms with Gasteiger partial charge in [0.15, 0.2) is 5.82 Å². The lowest BCUT2D eigenvalue weighted by atomic mass is 9.85. The van der Waals surface area contributed by atoms with Crippen LogP contribution < -0.4 is 5.32 Å². The van der Waals surface area contributed by atoms with E-state index in [1.165, 1.54) is 0 Å². The topological polar surface area (TPSA) is 63.1 Å². The van der Waals surface area contributed by atoms with Crippen LogP contribution in [-0.4, -0.2) is 32.5 Å². The van der Waals surface area contributed by atoms with Crippen LogP contribution in [0, 0.1) is 5.92 Å². The zero-order valence-electron chi connectivity index (χ0n) is 14.6. The SMILES string of the molecule is CC1CN(C(=O)Nc2cn(Cc3ccccc3)nn2)C1c1ccccc1. The van der Waals surface area contributed by atoms with Crippen molar-refractivity contribution in [2.75, 3.05) is 11.9 Å². The number of anilines is 1. The number of benzene rings is 2. The molecule has 0 aliphatic carbocycles. The summed E-state index contributed by atoms with van der Waals surface area (Å²) in [6, 6.07) is 20.1. The number of carbonyl (C=O) groups excluding carboxylic acids is 1. The summed E-state index contributed by atoms with van der Waals surface area (Å²) in [7, 11) is 0. The van der Waals surface area contributed by atoms with Crippen molar-refractivity contribution in [2.24, 2.45) is 5.92 Å². The highest BCUT2D eigenvalue weighted by Gasteiger charge is 2.40. The average molecular weight is 347 g/mol. The summed E-state index contributed by atoms with van der Waals surface area (Å²) in [5.74, 6) is 0.911. The van der Waals surface area contributed by atoms with Crippen LogP contribution in [0.25, 0.3) is 0 Å². The molecule has 6 nitrogen and oxygen atoms in total. The number of likely N-dealkylation sites (tertiary alicyclic amines) is 1. The molecule has 4 rings (SSSR count). The molecule has 2 heterocycles. The number of aromatic nitrogens is 3. The van der Waals surface area contributed by atoms with E-state index < -0.39 is 0 Å². The lowest BCUT2D eigenvalue weighted by Gasteiger charge is -2.46. The first kappa shape index (κ1) is 16.3. The molecular weight excluding hydrogens is 326 g/mol. The third kappa shape index (κ3) is 3.31. The Morgan fingerprint density at radius 2 is 1.81 bits per heavy atom. The highest BCUT2D eigenvalue weighted by Crippen LogP contribution is 2.38. The van der Waals surface area contributed by atoms with E-state index in [1.54, 1.807) is 10.9 Å². The van der Waals surface area contributed by atoms with Crippen molar-refractivity contribution in [1.82, 2.24) is 19.9 Å². The van der Waals surface area contributed by atoms with E-state index in [4.69, 9.17) is 0 Å². The standard InChI is InChI=1S/C20H21N5O/c1-15-12-25(19(15)17-10-6-3-7-11-17)20(26)21-18-14-24(23-22-18)13-16-8-4-2-5-9-16/h2-11,14-15,19H,12-13H2,1H3,(H,21,26). The predicted octanol–water partition coefficient (Wildman–Crippen LogP) is 3.55. The summed E-state index contributed by atoms with van der Waals surface area (Å²) < 4.78 is 1.72. The van der Waals surface area contributed by atoms with Crippen LogP contribution in [0.1, 0.15) is 24.1 Å². The van der Waals surface area contributed by atoms with Gasteiger partial charge in [0.05, 0.1) is 18.8 Å². The van der Waals surface area contributed by atoms with Gasteiger partial charge >= 0.3 is 6.03 Å². The van der Waals surface area contributed by atoms with Gasteiger partial charge in [0.2, 0.25) is 0 Å². The molecule has 26 heavy (non-hydrogen) atoms. The number of hydrogen-bond acceptors (Lipinski definition) is 3. The van der Waals surface area contributed by atoms with Gasteiger partial charge in [0, 0.05) is 6.54 Å². The Kier molecular flexibility index (Phi) is 4.39. The van der Waals surface area contributed by atoms with Gasteiger partial charge in [-0.05, 0) is 17.0 Å². The fourth-order valence-corrected chi connectivity index (χ4v) is 3.45. The molecule has 1 aliphatic rings. The first-order chi connectivity index (χ1) is 12.7. The van der Waals surface area contributed by atoms with Crippen LogP contribution in [-0.2, 0) is 6.54 Å². The van der Waals surface area contributed by atoms with Crippen molar-refractivity contribution in [3.05, 3.63) is 78.0 Å². The van der Waals surface area contributed by atoms with E-state index in [1.807, 2.05) is 53.4 Å². The van der Waals surface area contributed by atoms with Gasteiger partial charge < -0.3 is 4.90 Å². The number of carbonyl (C=O) groups is 1. The van der Waals surface area contributed by atoms with Crippen molar-refractivity contribution in [3.8, 4) is 0 Å². The molecule has 2 unspecified atom stereocenters. The highest BCUT2D eigenvalue weighted by atomic mass is 16.2. The molecule has 1 aliphatic heterocycles. The molecule has 1 N–H and O–H groups in total. The van der Waals surface area contributed by atoms with Crippen LogP contribution in [0.4, 0.5) is 10.6 Å². The van der Waals surface area contributed by atoms with E-state index in [0.29, 0.717) is 18.3 Å². The van der Waals surface area contributed by atoms with Crippen molar-refractivity contribution in [3.63, 3.8) is 0 Å². The zero-order chi connectivity index (χ0) is 17.9. The van der Waals surface area contributed by atoms with Crippen LogP contribution in [0.3, 0.4) is 0 Å². The summed E-state index contributed by atoms with van der Waals surface area (Å²) in [4.78, 5) is 14.5. The van der Waals surface area contributed by atoms with E-state index in [-0.39, 0.29) is 12.1 Å². The Hall–Kier alpha value is -3.15. The summed E-state index contributed by atoms with van der Waals surface area (Å²) >= 11 is 0. The summed E-state index contributed by atoms with van der Waals surface area (Å²) in [6.07, 6.45) is 1.76. The molecular formula is C20H21N5O. The van der Waals surface area contributed by atoms with E-state index in [9.17, 15) is 4.79 Å². The minimum Gasteiger partial charge on any atom is -0.317 e. The molecule has 2 aromatic carbocycles. The molecule has 6 heteroatoms. The lowest BCUT2D eigenvalue weighted by molar-refractivity contribution is 0.0670. The van der Waals surface area contributed by atoms with Crippen LogP contribution in [0.5, 0.6) is 0 Å². The van der Waals surface area contributed by atoms with E-state index in [2.05, 4.69) is 34.7 Å². The van der Waals surface area contributed by atoms with Crippen LogP contribution in [0.2, 0.25) is 0 Å². The largest absolute Gasteiger partial charge is 0.323 e. The number of urea groups is 1. The molecule has 0 radical (unpaired) electrons. The Labute approximate surface area is 152 Å². The third-order valence-electron chi connectivity index (χ3n) is 4.72. The highest BCUT2D eigenvalue weighted by molar-refractivity contribution is 5.89. The van der Waals surface area contributed by atoms with Crippen molar-refractivity contribution in [2.45, 2.75) is 19.5 Å². The second-order valence-electron chi connectivity index (χ2n) is 6.70. The van der Waals surface area contributed by atoms with E-state index in [0.717, 1.165) is 17.7 Å². The number of nitrogens with zero attached hydrogens (tertiary/aromatic N) is 4. The smallest absolute Gasteiger partial charge is 0.317 e. The van der Waals surface area contributed by atoms with Gasteiger partial charge in [-0.15, -0.1) is 5.10 Å². The van der Waals surface area contributed by atoms with E-state index >= 15 is 0 Å². The second kappa shape index (κ2) is 7.00. The van der Waals surface area contributed by atoms with Gasteiger partial charge in [-0.3, -0.25) is 5.32 Å². The van der Waals surface area contributed by atoms with Crippen molar-refractivity contribution >= 4 is 11.8 Å². The fraction of sp³-hybridized carbons (Fsp3) is 0.250. The minimum atomic E-state index is -0.135. The van der Waals surface area contributed by atoms with Gasteiger partial charge in [-0.2, -0.15) is 0 Å². The predicted molar refractivity (Wildman–Crippen MR) is 99.6 cm³/mol. The normalized spacial score (nSPS) is 19.0. The molecule has 1 saturated heterocycles. The Morgan fingerprint density at radius 1 is 1.12 bits per heavy atom. The molecule has 0 saturated carbocycles. The molecule has 1 fully saturated rings. The Bertz CT molecular complexity index is 877. The molecule has 0 bridgehead atoms. The van der Waals surface area contributed by atoms with Crippen molar-refractivity contribution < 1.29 is 4.79 Å². The average Bonchev–Trinajstić information content (AvgIpc) is 3.08. The quantitative estimate of drug-likeness (QED) is 0.785. The van der Waals surface area contributed by atoms with Crippen molar-refractivity contribution in [1.29, 1.82) is 0 Å². The first-order valence-corrected chi connectivity index (χ1v) is 8.77. The van der Waals surface area contributed by atoms with Crippen LogP contribution in [0.15, 0.2) is 66.9 Å². The first-order valence-electron chi connectivity index (χ1n) is 8.77. The van der Waals surface area contributed by atoms with Gasteiger partial charge in [-0.1, -0.05) is 72.8 Å². The maximum absolute atomic E-state index is 12.6. The molecule has 132 valence electrons. The van der Waals surface area contributed by atoms with Crippen LogP contribution >= 0.6 is 0 Å². The summed E-state index contributed by atoms with van der Waals surface area (Å²) in [5.41, 5.74) is 2.30. The summed E-state index contributed by atoms with van der Waals surface area (Å²) in [6.45, 7) is 3.53. The minimum absolute atomic E-state index is 0.107. The Morgan fingerprint density at radius 3 is 2.50 bits per heavy atom. The van der Waals surface area contributed by atoms with Gasteiger partial charge in [0.1, 0.15) is 0 Å². The lowest BCUT2D eigenvalue weighted by Crippen LogP contribution is -2.53. The molecule has 3 aromatic rings. The maximum atomic E-state index is 12.6. The second-order valence-corrected chi connectivity index (χ2v) is 6.70. The van der Waals surface area contributed by atoms with Gasteiger partial charge in [0.25, 0.3) is 0 Å². The molecule has 2 amide bonds. The third-order valence-corrected chi connectivity index (χ3v) is 4.72. The fourth-order valence-electron chi connectivity index (χ4n) is 3.45. The molecule has 0 spiro atoms. The molecule has 1 aromatic heterocycles. The summed E-state index contributed by atoms with van der Waals surface area (Å²) in [5, 5.41) is 11.0.